The number of anilines is 1. The fraction of sp³-hybridized carbons (Fsp3) is 0.350. The molecule has 0 unspecified atom stereocenters. The normalized spacial score (nSPS) is 21.7. The van der Waals surface area contributed by atoms with Gasteiger partial charge in [-0.3, -0.25) is 9.69 Å². The van der Waals surface area contributed by atoms with E-state index in [4.69, 9.17) is 9.15 Å². The molecule has 0 radical (unpaired) electrons. The van der Waals surface area contributed by atoms with E-state index in [2.05, 4.69) is 10.2 Å². The lowest BCUT2D eigenvalue weighted by Gasteiger charge is -2.34. The fourth-order valence-corrected chi connectivity index (χ4v) is 3.62. The molecule has 0 saturated carbocycles. The molecule has 4 rings (SSSR count). The minimum atomic E-state index is -0.00606. The van der Waals surface area contributed by atoms with Crippen LogP contribution in [0.15, 0.2) is 46.9 Å². The number of nitrogens with one attached hydrogen (secondary N) is 1. The van der Waals surface area contributed by atoms with Crippen LogP contribution in [0.25, 0.3) is 21.9 Å². The summed E-state index contributed by atoms with van der Waals surface area (Å²) in [7, 11) is 0. The van der Waals surface area contributed by atoms with Gasteiger partial charge in [-0.05, 0) is 38.1 Å². The molecule has 1 amide bonds. The molecule has 1 fully saturated rings. The number of nitrogens with zero attached hydrogens (tertiary/aromatic N) is 1. The predicted octanol–water partition coefficient (Wildman–Crippen LogP) is 3.63. The van der Waals surface area contributed by atoms with Crippen LogP contribution >= 0.6 is 0 Å². The number of benzene rings is 2. The van der Waals surface area contributed by atoms with Crippen molar-refractivity contribution < 1.29 is 13.9 Å². The van der Waals surface area contributed by atoms with Crippen LogP contribution in [0.2, 0.25) is 0 Å². The molecule has 130 valence electrons. The average molecular weight is 338 g/mol. The number of morpholine rings is 1. The second-order valence-corrected chi connectivity index (χ2v) is 6.81. The monoisotopic (exact) mass is 338 g/mol. The number of ether oxygens (including phenoxy) is 1. The first kappa shape index (κ1) is 16.1. The number of furan rings is 1. The summed E-state index contributed by atoms with van der Waals surface area (Å²) >= 11 is 0. The van der Waals surface area contributed by atoms with Crippen LogP contribution in [0.5, 0.6) is 0 Å². The first-order valence-electron chi connectivity index (χ1n) is 8.67. The second kappa shape index (κ2) is 6.50. The van der Waals surface area contributed by atoms with Crippen LogP contribution in [0.4, 0.5) is 5.69 Å². The molecular weight excluding hydrogens is 316 g/mol. The van der Waals surface area contributed by atoms with E-state index in [9.17, 15) is 4.79 Å². The van der Waals surface area contributed by atoms with Crippen molar-refractivity contribution in [1.29, 1.82) is 0 Å². The lowest BCUT2D eigenvalue weighted by molar-refractivity contribution is -0.121. The number of hydrogen-bond acceptors (Lipinski definition) is 4. The van der Waals surface area contributed by atoms with E-state index in [-0.39, 0.29) is 18.1 Å². The lowest BCUT2D eigenvalue weighted by Crippen LogP contribution is -2.48. The minimum Gasteiger partial charge on any atom is -0.456 e. The lowest BCUT2D eigenvalue weighted by atomic mass is 10.1. The maximum Gasteiger partial charge on any atom is 0.238 e. The first-order valence-corrected chi connectivity index (χ1v) is 8.67. The quantitative estimate of drug-likeness (QED) is 0.792. The summed E-state index contributed by atoms with van der Waals surface area (Å²) in [6.07, 6.45) is 0.315. The molecule has 1 saturated heterocycles. The maximum absolute atomic E-state index is 12.4. The zero-order valence-corrected chi connectivity index (χ0v) is 14.5. The van der Waals surface area contributed by atoms with Gasteiger partial charge in [0.2, 0.25) is 5.91 Å². The Hall–Kier alpha value is -2.37. The van der Waals surface area contributed by atoms with Gasteiger partial charge < -0.3 is 14.5 Å². The number of para-hydroxylation sites is 1. The van der Waals surface area contributed by atoms with Crippen molar-refractivity contribution in [2.75, 3.05) is 25.0 Å². The van der Waals surface area contributed by atoms with E-state index in [0.717, 1.165) is 40.7 Å². The Balaban J connectivity index is 1.50. The highest BCUT2D eigenvalue weighted by Gasteiger charge is 2.23. The topological polar surface area (TPSA) is 54.7 Å². The molecule has 1 N–H and O–H groups in total. The molecule has 2 atom stereocenters. The van der Waals surface area contributed by atoms with Gasteiger partial charge in [-0.15, -0.1) is 0 Å². The highest BCUT2D eigenvalue weighted by molar-refractivity contribution is 6.07. The molecule has 5 nitrogen and oxygen atoms in total. The number of rotatable bonds is 3. The standard InChI is InChI=1S/C20H22N2O3/c1-13-10-22(11-14(2)24-13)12-20(23)21-15-7-8-19-17(9-15)16-5-3-4-6-18(16)25-19/h3-9,13-14H,10-12H2,1-2H3,(H,21,23)/t13-,14+. The Labute approximate surface area is 146 Å². The van der Waals surface area contributed by atoms with Crippen molar-refractivity contribution in [3.63, 3.8) is 0 Å². The summed E-state index contributed by atoms with van der Waals surface area (Å²) in [6, 6.07) is 13.7. The van der Waals surface area contributed by atoms with Crippen molar-refractivity contribution in [1.82, 2.24) is 4.90 Å². The van der Waals surface area contributed by atoms with Gasteiger partial charge >= 0.3 is 0 Å². The number of amides is 1. The molecule has 3 aromatic rings. The van der Waals surface area contributed by atoms with Crippen LogP contribution in [0.1, 0.15) is 13.8 Å². The number of hydrogen-bond donors (Lipinski definition) is 1. The fourth-order valence-electron chi connectivity index (χ4n) is 3.62. The molecule has 0 aliphatic carbocycles. The summed E-state index contributed by atoms with van der Waals surface area (Å²) < 4.78 is 11.5. The largest absolute Gasteiger partial charge is 0.456 e. The van der Waals surface area contributed by atoms with Gasteiger partial charge in [0.15, 0.2) is 0 Å². The van der Waals surface area contributed by atoms with E-state index >= 15 is 0 Å². The summed E-state index contributed by atoms with van der Waals surface area (Å²) in [4.78, 5) is 14.6. The summed E-state index contributed by atoms with van der Waals surface area (Å²) in [5.41, 5.74) is 2.48. The molecule has 5 heteroatoms. The van der Waals surface area contributed by atoms with Crippen molar-refractivity contribution in [3.8, 4) is 0 Å². The Morgan fingerprint density at radius 1 is 1.08 bits per heavy atom. The van der Waals surface area contributed by atoms with Crippen molar-refractivity contribution in [2.45, 2.75) is 26.1 Å². The van der Waals surface area contributed by atoms with Gasteiger partial charge in [-0.1, -0.05) is 18.2 Å². The van der Waals surface area contributed by atoms with Crippen LogP contribution in [-0.2, 0) is 9.53 Å². The number of carbonyl (C=O) groups excluding carboxylic acids is 1. The SMILES string of the molecule is C[C@@H]1CN(CC(=O)Nc2ccc3oc4ccccc4c3c2)C[C@H](C)O1. The molecule has 2 heterocycles. The van der Waals surface area contributed by atoms with Crippen LogP contribution < -0.4 is 5.32 Å². The molecule has 2 aromatic carbocycles. The van der Waals surface area contributed by atoms with Crippen LogP contribution in [0, 0.1) is 0 Å². The Bertz CT molecular complexity index is 908. The Morgan fingerprint density at radius 2 is 1.80 bits per heavy atom. The van der Waals surface area contributed by atoms with Gasteiger partial charge in [-0.25, -0.2) is 0 Å². The van der Waals surface area contributed by atoms with Crippen molar-refractivity contribution >= 4 is 33.5 Å². The average Bonchev–Trinajstić information content (AvgIpc) is 2.92. The summed E-state index contributed by atoms with van der Waals surface area (Å²) in [5.74, 6) is -0.00606. The van der Waals surface area contributed by atoms with E-state index in [1.165, 1.54) is 0 Å². The van der Waals surface area contributed by atoms with E-state index in [1.54, 1.807) is 0 Å². The Morgan fingerprint density at radius 3 is 2.60 bits per heavy atom. The minimum absolute atomic E-state index is 0.00606. The predicted molar refractivity (Wildman–Crippen MR) is 98.8 cm³/mol. The maximum atomic E-state index is 12.4. The third-order valence-electron chi connectivity index (χ3n) is 4.52. The van der Waals surface area contributed by atoms with Gasteiger partial charge in [-0.2, -0.15) is 0 Å². The van der Waals surface area contributed by atoms with E-state index in [0.29, 0.717) is 6.54 Å². The summed E-state index contributed by atoms with van der Waals surface area (Å²) in [5, 5.41) is 5.08. The van der Waals surface area contributed by atoms with Gasteiger partial charge in [0.1, 0.15) is 11.2 Å². The Kier molecular flexibility index (Phi) is 4.19. The van der Waals surface area contributed by atoms with Gasteiger partial charge in [0, 0.05) is 29.5 Å². The zero-order chi connectivity index (χ0) is 17.4. The van der Waals surface area contributed by atoms with Gasteiger partial charge in [0.05, 0.1) is 18.8 Å². The zero-order valence-electron chi connectivity index (χ0n) is 14.5. The third kappa shape index (κ3) is 3.38. The van der Waals surface area contributed by atoms with E-state index < -0.39 is 0 Å². The highest BCUT2D eigenvalue weighted by Crippen LogP contribution is 2.30. The molecule has 1 aliphatic rings. The highest BCUT2D eigenvalue weighted by atomic mass is 16.5. The van der Waals surface area contributed by atoms with Gasteiger partial charge in [0.25, 0.3) is 0 Å². The van der Waals surface area contributed by atoms with Crippen LogP contribution in [-0.4, -0.2) is 42.6 Å². The third-order valence-corrected chi connectivity index (χ3v) is 4.52. The molecule has 0 bridgehead atoms. The first-order chi connectivity index (χ1) is 12.1. The smallest absolute Gasteiger partial charge is 0.238 e. The molecular formula is C20H22N2O3. The summed E-state index contributed by atoms with van der Waals surface area (Å²) in [6.45, 7) is 6.02. The second-order valence-electron chi connectivity index (χ2n) is 6.81. The molecule has 1 aromatic heterocycles. The van der Waals surface area contributed by atoms with Crippen molar-refractivity contribution in [3.05, 3.63) is 42.5 Å². The van der Waals surface area contributed by atoms with Crippen molar-refractivity contribution in [2.24, 2.45) is 0 Å². The van der Waals surface area contributed by atoms with E-state index in [1.807, 2.05) is 56.3 Å². The number of carbonyl (C=O) groups is 1. The molecule has 25 heavy (non-hydrogen) atoms. The molecule has 1 aliphatic heterocycles. The van der Waals surface area contributed by atoms with Crippen LogP contribution in [0.3, 0.4) is 0 Å². The molecule has 0 spiro atoms. The number of fused-ring (bicyclic) bond motifs is 3.